The number of fused-ring (bicyclic) bond motifs is 3. The van der Waals surface area contributed by atoms with Crippen molar-refractivity contribution in [3.63, 3.8) is 0 Å². The molecule has 0 saturated carbocycles. The van der Waals surface area contributed by atoms with E-state index in [9.17, 15) is 0 Å². The molecule has 9 rings (SSSR count). The molecule has 0 saturated heterocycles. The van der Waals surface area contributed by atoms with E-state index in [1.165, 1.54) is 66.1 Å². The molecule has 0 aliphatic rings. The van der Waals surface area contributed by atoms with E-state index in [-0.39, 0.29) is 0 Å². The van der Waals surface area contributed by atoms with Crippen LogP contribution in [0.15, 0.2) is 195 Å². The van der Waals surface area contributed by atoms with Gasteiger partial charge in [0.1, 0.15) is 0 Å². The van der Waals surface area contributed by atoms with Crippen LogP contribution < -0.4 is 0 Å². The van der Waals surface area contributed by atoms with Gasteiger partial charge in [0.25, 0.3) is 0 Å². The summed E-state index contributed by atoms with van der Waals surface area (Å²) in [6.45, 7) is 6.21. The van der Waals surface area contributed by atoms with Crippen LogP contribution in [0, 0.1) is 6.92 Å². The van der Waals surface area contributed by atoms with Crippen molar-refractivity contribution in [3.05, 3.63) is 206 Å². The second-order valence-corrected chi connectivity index (χ2v) is 13.6. The van der Waals surface area contributed by atoms with Gasteiger partial charge >= 0.3 is 0 Å². The van der Waals surface area contributed by atoms with Gasteiger partial charge in [0.15, 0.2) is 0 Å². The topological polar surface area (TPSA) is 12.9 Å². The summed E-state index contributed by atoms with van der Waals surface area (Å²) in [4.78, 5) is 5.29. The zero-order chi connectivity index (χ0) is 35.7. The third-order valence-corrected chi connectivity index (χ3v) is 10.4. The van der Waals surface area contributed by atoms with Crippen molar-refractivity contribution in [1.82, 2.24) is 4.98 Å². The number of hydrogen-bond donors (Lipinski definition) is 0. The van der Waals surface area contributed by atoms with Crippen LogP contribution in [-0.4, -0.2) is 4.98 Å². The van der Waals surface area contributed by atoms with Crippen LogP contribution in [0.3, 0.4) is 0 Å². The van der Waals surface area contributed by atoms with Crippen molar-refractivity contribution in [2.24, 2.45) is 0 Å². The summed E-state index contributed by atoms with van der Waals surface area (Å²) in [7, 11) is 0. The number of nitrogens with zero attached hydrogens (tertiary/aromatic N) is 1. The summed E-state index contributed by atoms with van der Waals surface area (Å²) in [6, 6.07) is 63.5. The highest BCUT2D eigenvalue weighted by Gasteiger charge is 2.16. The molecule has 0 fully saturated rings. The van der Waals surface area contributed by atoms with Crippen LogP contribution >= 0.6 is 0 Å². The molecule has 0 spiro atoms. The highest BCUT2D eigenvalue weighted by Crippen LogP contribution is 2.41. The Morgan fingerprint density at radius 1 is 0.434 bits per heavy atom. The Hall–Kier alpha value is -6.83. The Morgan fingerprint density at radius 2 is 0.962 bits per heavy atom. The SMILES string of the molecule is C=C/C=C\c1c(-c2ccccc2)ccc(-c2cc(-c3ccc4cc5ccccc5cc4n3)cc(-c3ccc(-c4ccccc4)c4ccccc34)c2)c1C. The van der Waals surface area contributed by atoms with Gasteiger partial charge in [-0.05, 0) is 121 Å². The van der Waals surface area contributed by atoms with Gasteiger partial charge in [0.2, 0.25) is 0 Å². The van der Waals surface area contributed by atoms with Gasteiger partial charge in [-0.15, -0.1) is 0 Å². The molecule has 1 heterocycles. The second kappa shape index (κ2) is 13.7. The van der Waals surface area contributed by atoms with Crippen LogP contribution in [0.2, 0.25) is 0 Å². The number of hydrogen-bond acceptors (Lipinski definition) is 1. The van der Waals surface area contributed by atoms with Gasteiger partial charge < -0.3 is 0 Å². The monoisotopic (exact) mass is 675 g/mol. The molecular weight excluding hydrogens is 639 g/mol. The van der Waals surface area contributed by atoms with E-state index in [0.29, 0.717) is 0 Å². The standard InChI is InChI=1S/C52H37N/c1-3-4-21-45-35(2)44(25-26-46(45)36-15-7-5-8-16-36)41-31-42(48-28-27-47(37-17-9-6-10-18-37)49-22-13-14-23-50(48)49)33-43(32-41)51-29-24-40-30-38-19-11-12-20-39(38)34-52(40)53-51/h3-34H,1H2,2H3/b21-4-. The number of aromatic nitrogens is 1. The fourth-order valence-corrected chi connectivity index (χ4v) is 7.77. The van der Waals surface area contributed by atoms with E-state index in [4.69, 9.17) is 4.98 Å². The number of allylic oxidation sites excluding steroid dienone is 2. The molecule has 9 aromatic rings. The Bertz CT molecular complexity index is 2840. The average molecular weight is 676 g/mol. The van der Waals surface area contributed by atoms with E-state index < -0.39 is 0 Å². The number of rotatable bonds is 7. The van der Waals surface area contributed by atoms with E-state index >= 15 is 0 Å². The lowest BCUT2D eigenvalue weighted by Gasteiger charge is -2.18. The molecule has 0 N–H and O–H groups in total. The van der Waals surface area contributed by atoms with Crippen molar-refractivity contribution < 1.29 is 0 Å². The smallest absolute Gasteiger partial charge is 0.0715 e. The minimum atomic E-state index is 0.950. The molecule has 1 heteroatoms. The normalized spacial score (nSPS) is 11.5. The van der Waals surface area contributed by atoms with Gasteiger partial charge in [-0.1, -0.05) is 164 Å². The quantitative estimate of drug-likeness (QED) is 0.121. The van der Waals surface area contributed by atoms with Crippen molar-refractivity contribution in [2.75, 3.05) is 0 Å². The summed E-state index contributed by atoms with van der Waals surface area (Å²) >= 11 is 0. The lowest BCUT2D eigenvalue weighted by atomic mass is 9.86. The molecule has 1 nitrogen and oxygen atoms in total. The van der Waals surface area contributed by atoms with Crippen molar-refractivity contribution in [1.29, 1.82) is 0 Å². The van der Waals surface area contributed by atoms with E-state index in [2.05, 4.69) is 196 Å². The molecule has 250 valence electrons. The average Bonchev–Trinajstić information content (AvgIpc) is 3.22. The Balaban J connectivity index is 1.28. The largest absolute Gasteiger partial charge is 0.248 e. The Kier molecular flexibility index (Phi) is 8.31. The lowest BCUT2D eigenvalue weighted by molar-refractivity contribution is 1.39. The predicted octanol–water partition coefficient (Wildman–Crippen LogP) is 14.4. The summed E-state index contributed by atoms with van der Waals surface area (Å²) in [5.74, 6) is 0. The number of pyridine rings is 1. The maximum atomic E-state index is 5.29. The molecular formula is C52H37N. The minimum absolute atomic E-state index is 0.950. The predicted molar refractivity (Wildman–Crippen MR) is 228 cm³/mol. The summed E-state index contributed by atoms with van der Waals surface area (Å²) in [5, 5.41) is 6.01. The summed E-state index contributed by atoms with van der Waals surface area (Å²) < 4.78 is 0. The first-order valence-corrected chi connectivity index (χ1v) is 18.2. The fourth-order valence-electron chi connectivity index (χ4n) is 7.77. The van der Waals surface area contributed by atoms with E-state index in [1.807, 2.05) is 12.2 Å². The lowest BCUT2D eigenvalue weighted by Crippen LogP contribution is -1.94. The molecule has 0 radical (unpaired) electrons. The zero-order valence-corrected chi connectivity index (χ0v) is 29.6. The molecule has 8 aromatic carbocycles. The fraction of sp³-hybridized carbons (Fsp3) is 0.0192. The molecule has 1 aromatic heterocycles. The summed E-state index contributed by atoms with van der Waals surface area (Å²) in [6.07, 6.45) is 6.06. The molecule has 0 aliphatic carbocycles. The van der Waals surface area contributed by atoms with Gasteiger partial charge in [-0.2, -0.15) is 0 Å². The zero-order valence-electron chi connectivity index (χ0n) is 29.6. The maximum Gasteiger partial charge on any atom is 0.0715 e. The van der Waals surface area contributed by atoms with Gasteiger partial charge in [-0.3, -0.25) is 0 Å². The molecule has 0 unspecified atom stereocenters. The maximum absolute atomic E-state index is 5.29. The highest BCUT2D eigenvalue weighted by molar-refractivity contribution is 6.06. The van der Waals surface area contributed by atoms with Crippen LogP contribution in [0.25, 0.3) is 94.3 Å². The first-order chi connectivity index (χ1) is 26.1. The molecule has 0 amide bonds. The number of benzene rings is 8. The van der Waals surface area contributed by atoms with Crippen molar-refractivity contribution in [2.45, 2.75) is 6.92 Å². The van der Waals surface area contributed by atoms with Crippen LogP contribution in [0.5, 0.6) is 0 Å². The summed E-state index contributed by atoms with van der Waals surface area (Å²) in [5.41, 5.74) is 15.0. The molecule has 0 aliphatic heterocycles. The van der Waals surface area contributed by atoms with Gasteiger partial charge in [0, 0.05) is 10.9 Å². The van der Waals surface area contributed by atoms with Crippen LogP contribution in [0.1, 0.15) is 11.1 Å². The van der Waals surface area contributed by atoms with Gasteiger partial charge in [0.05, 0.1) is 11.2 Å². The highest BCUT2D eigenvalue weighted by atomic mass is 14.7. The first kappa shape index (κ1) is 32.1. The first-order valence-electron chi connectivity index (χ1n) is 18.2. The molecule has 0 bridgehead atoms. The van der Waals surface area contributed by atoms with Crippen LogP contribution in [0.4, 0.5) is 0 Å². The minimum Gasteiger partial charge on any atom is -0.248 e. The van der Waals surface area contributed by atoms with E-state index in [1.54, 1.807) is 0 Å². The van der Waals surface area contributed by atoms with Crippen molar-refractivity contribution >= 4 is 38.5 Å². The third-order valence-electron chi connectivity index (χ3n) is 10.4. The van der Waals surface area contributed by atoms with Crippen molar-refractivity contribution in [3.8, 4) is 55.8 Å². The molecule has 53 heavy (non-hydrogen) atoms. The van der Waals surface area contributed by atoms with E-state index in [0.717, 1.165) is 33.3 Å². The Morgan fingerprint density at radius 3 is 1.64 bits per heavy atom. The molecule has 0 atom stereocenters. The van der Waals surface area contributed by atoms with Gasteiger partial charge in [-0.25, -0.2) is 4.98 Å². The van der Waals surface area contributed by atoms with Crippen LogP contribution in [-0.2, 0) is 0 Å². The Labute approximate surface area is 310 Å². The second-order valence-electron chi connectivity index (χ2n) is 13.6. The third kappa shape index (κ3) is 6.03.